The zero-order valence-corrected chi connectivity index (χ0v) is 14.6. The molecule has 144 valence electrons. The SMILES string of the molecule is C.CC(=O)C(=O)CCC(C)O.CC(O)CN.CCOC(=O)C(=O)Cl. The van der Waals surface area contributed by atoms with Gasteiger partial charge in [-0.2, -0.15) is 0 Å². The van der Waals surface area contributed by atoms with E-state index in [9.17, 15) is 19.2 Å². The average Bonchev–Trinajstić information content (AvgIpc) is 2.45. The van der Waals surface area contributed by atoms with Gasteiger partial charge in [-0.25, -0.2) is 4.79 Å². The molecular weight excluding hydrogens is 342 g/mol. The lowest BCUT2D eigenvalue weighted by Crippen LogP contribution is -2.14. The molecule has 2 unspecified atom stereocenters. The molecule has 0 saturated carbocycles. The normalized spacial score (nSPS) is 11.2. The number of nitrogens with two attached hydrogens (primary N) is 1. The fraction of sp³-hybridized carbons (Fsp3) is 0.733. The Morgan fingerprint density at radius 2 is 1.54 bits per heavy atom. The first-order valence-corrected chi connectivity index (χ1v) is 7.33. The van der Waals surface area contributed by atoms with Crippen LogP contribution in [0.15, 0.2) is 0 Å². The maximum Gasteiger partial charge on any atom is 0.391 e. The number of ether oxygens (including phenoxy) is 1. The molecule has 0 fully saturated rings. The van der Waals surface area contributed by atoms with E-state index in [-0.39, 0.29) is 26.6 Å². The summed E-state index contributed by atoms with van der Waals surface area (Å²) in [6.07, 6.45) is -0.302. The molecule has 0 heterocycles. The molecule has 24 heavy (non-hydrogen) atoms. The van der Waals surface area contributed by atoms with E-state index in [0.717, 1.165) is 0 Å². The van der Waals surface area contributed by atoms with Crippen molar-refractivity contribution in [3.63, 3.8) is 0 Å². The third-order valence-electron chi connectivity index (χ3n) is 1.96. The van der Waals surface area contributed by atoms with E-state index >= 15 is 0 Å². The van der Waals surface area contributed by atoms with Crippen LogP contribution < -0.4 is 5.73 Å². The van der Waals surface area contributed by atoms with Gasteiger partial charge in [0.15, 0.2) is 11.6 Å². The lowest BCUT2D eigenvalue weighted by molar-refractivity contribution is -0.149. The highest BCUT2D eigenvalue weighted by Gasteiger charge is 2.09. The van der Waals surface area contributed by atoms with Crippen molar-refractivity contribution in [2.45, 2.75) is 60.2 Å². The van der Waals surface area contributed by atoms with Crippen molar-refractivity contribution in [3.8, 4) is 0 Å². The molecule has 4 N–H and O–H groups in total. The molecule has 0 aromatic heterocycles. The van der Waals surface area contributed by atoms with Crippen LogP contribution in [0, 0.1) is 0 Å². The summed E-state index contributed by atoms with van der Waals surface area (Å²) in [6.45, 7) is 6.62. The smallest absolute Gasteiger partial charge is 0.391 e. The Hall–Kier alpha value is -1.35. The number of rotatable bonds is 7. The van der Waals surface area contributed by atoms with Crippen LogP contribution in [0.4, 0.5) is 0 Å². The van der Waals surface area contributed by atoms with Gasteiger partial charge in [0.2, 0.25) is 0 Å². The number of aliphatic hydroxyl groups excluding tert-OH is 2. The summed E-state index contributed by atoms with van der Waals surface area (Å²) >= 11 is 4.69. The molecule has 0 saturated heterocycles. The number of ketones is 2. The van der Waals surface area contributed by atoms with Gasteiger partial charge in [0.1, 0.15) is 0 Å². The molecule has 0 rings (SSSR count). The van der Waals surface area contributed by atoms with Gasteiger partial charge in [-0.1, -0.05) is 7.43 Å². The molecule has 0 radical (unpaired) electrons. The van der Waals surface area contributed by atoms with E-state index in [0.29, 0.717) is 13.0 Å². The quantitative estimate of drug-likeness (QED) is 0.335. The molecular formula is C15H30ClNO7. The Kier molecular flexibility index (Phi) is 25.0. The highest BCUT2D eigenvalue weighted by atomic mass is 35.5. The number of hydrogen-bond acceptors (Lipinski definition) is 8. The monoisotopic (exact) mass is 371 g/mol. The molecule has 0 spiro atoms. The van der Waals surface area contributed by atoms with Crippen molar-refractivity contribution in [1.82, 2.24) is 0 Å². The molecule has 0 aliphatic carbocycles. The number of Topliss-reactive ketones (excluding diaryl/α,β-unsaturated/α-hetero) is 2. The topological polar surface area (TPSA) is 144 Å². The number of aliphatic hydroxyl groups is 2. The van der Waals surface area contributed by atoms with Crippen LogP contribution in [0.25, 0.3) is 0 Å². The molecule has 0 aromatic carbocycles. The Morgan fingerprint density at radius 3 is 1.71 bits per heavy atom. The van der Waals surface area contributed by atoms with Gasteiger partial charge in [-0.15, -0.1) is 0 Å². The standard InChI is InChI=1S/C7H12O3.C4H5ClO3.C3H9NO.CH4/c1-5(8)3-4-7(10)6(2)9;1-2-8-4(7)3(5)6;1-3(5)2-4;/h5,8H,3-4H2,1-2H3;2H2,1H3;3,5H,2,4H2,1H3;1H4. The third-order valence-corrected chi connectivity index (χ3v) is 2.11. The predicted octanol–water partition coefficient (Wildman–Crippen LogP) is 0.582. The van der Waals surface area contributed by atoms with Crippen molar-refractivity contribution >= 4 is 34.4 Å². The average molecular weight is 372 g/mol. The molecule has 8 nitrogen and oxygen atoms in total. The van der Waals surface area contributed by atoms with Gasteiger partial charge in [0, 0.05) is 19.9 Å². The number of hydrogen-bond donors (Lipinski definition) is 3. The van der Waals surface area contributed by atoms with Gasteiger partial charge in [-0.3, -0.25) is 14.4 Å². The van der Waals surface area contributed by atoms with Gasteiger partial charge in [-0.05, 0) is 38.8 Å². The molecule has 2 atom stereocenters. The van der Waals surface area contributed by atoms with Crippen molar-refractivity contribution in [2.75, 3.05) is 13.2 Å². The maximum absolute atomic E-state index is 10.6. The summed E-state index contributed by atoms with van der Waals surface area (Å²) in [4.78, 5) is 40.8. The van der Waals surface area contributed by atoms with Crippen LogP contribution >= 0.6 is 11.6 Å². The zero-order valence-electron chi connectivity index (χ0n) is 13.9. The zero-order chi connectivity index (χ0) is 19.0. The Bertz CT molecular complexity index is 371. The third kappa shape index (κ3) is 28.8. The molecule has 0 aliphatic rings. The van der Waals surface area contributed by atoms with Crippen LogP contribution in [0.5, 0.6) is 0 Å². The van der Waals surface area contributed by atoms with E-state index < -0.39 is 28.9 Å². The summed E-state index contributed by atoms with van der Waals surface area (Å²) in [7, 11) is 0. The number of esters is 1. The molecule has 0 aromatic rings. The van der Waals surface area contributed by atoms with E-state index in [1.54, 1.807) is 20.8 Å². The van der Waals surface area contributed by atoms with Crippen molar-refractivity contribution in [1.29, 1.82) is 0 Å². The lowest BCUT2D eigenvalue weighted by atomic mass is 10.1. The minimum Gasteiger partial charge on any atom is -0.459 e. The fourth-order valence-corrected chi connectivity index (χ4v) is 0.758. The highest BCUT2D eigenvalue weighted by molar-refractivity contribution is 6.80. The van der Waals surface area contributed by atoms with E-state index in [2.05, 4.69) is 4.74 Å². The Labute approximate surface area is 148 Å². The van der Waals surface area contributed by atoms with Crippen molar-refractivity contribution < 1.29 is 34.1 Å². The Balaban J connectivity index is -0.000000129. The Morgan fingerprint density at radius 1 is 1.12 bits per heavy atom. The second kappa shape index (κ2) is 19.7. The first kappa shape index (κ1) is 30.5. The molecule has 0 amide bonds. The first-order valence-electron chi connectivity index (χ1n) is 6.95. The van der Waals surface area contributed by atoms with Crippen LogP contribution in [0.3, 0.4) is 0 Å². The summed E-state index contributed by atoms with van der Waals surface area (Å²) in [6, 6.07) is 0. The summed E-state index contributed by atoms with van der Waals surface area (Å²) < 4.78 is 4.18. The number of carbonyl (C=O) groups is 4. The van der Waals surface area contributed by atoms with E-state index in [1.165, 1.54) is 6.92 Å². The highest BCUT2D eigenvalue weighted by Crippen LogP contribution is 1.96. The van der Waals surface area contributed by atoms with Gasteiger partial charge < -0.3 is 20.7 Å². The van der Waals surface area contributed by atoms with Crippen LogP contribution in [0.1, 0.15) is 48.0 Å². The summed E-state index contributed by atoms with van der Waals surface area (Å²) in [5.74, 6) is -1.82. The fourth-order valence-electron chi connectivity index (χ4n) is 0.704. The van der Waals surface area contributed by atoms with Crippen molar-refractivity contribution in [3.05, 3.63) is 0 Å². The molecule has 0 aliphatic heterocycles. The van der Waals surface area contributed by atoms with Crippen molar-refractivity contribution in [2.24, 2.45) is 5.73 Å². The number of carbonyl (C=O) groups excluding carboxylic acids is 4. The van der Waals surface area contributed by atoms with Gasteiger partial charge >= 0.3 is 11.2 Å². The lowest BCUT2D eigenvalue weighted by Gasteiger charge is -1.99. The van der Waals surface area contributed by atoms with Gasteiger partial charge in [0.25, 0.3) is 0 Å². The number of halogens is 1. The summed E-state index contributed by atoms with van der Waals surface area (Å²) in [5.41, 5.74) is 4.92. The summed E-state index contributed by atoms with van der Waals surface area (Å²) in [5, 5.41) is 15.9. The predicted molar refractivity (Wildman–Crippen MR) is 91.6 cm³/mol. The van der Waals surface area contributed by atoms with Gasteiger partial charge in [0.05, 0.1) is 18.8 Å². The maximum atomic E-state index is 10.6. The van der Waals surface area contributed by atoms with Crippen LogP contribution in [0.2, 0.25) is 0 Å². The minimum absolute atomic E-state index is 0. The van der Waals surface area contributed by atoms with E-state index in [1.807, 2.05) is 0 Å². The minimum atomic E-state index is -1.08. The second-order valence-corrected chi connectivity index (χ2v) is 4.79. The first-order chi connectivity index (χ1) is 10.5. The second-order valence-electron chi connectivity index (χ2n) is 4.45. The van der Waals surface area contributed by atoms with Crippen LogP contribution in [-0.4, -0.2) is 58.4 Å². The molecule has 9 heteroatoms. The van der Waals surface area contributed by atoms with E-state index in [4.69, 9.17) is 27.5 Å². The van der Waals surface area contributed by atoms with Crippen LogP contribution in [-0.2, 0) is 23.9 Å². The largest absolute Gasteiger partial charge is 0.459 e. The molecule has 0 bridgehead atoms.